The van der Waals surface area contributed by atoms with Crippen LogP contribution in [-0.4, -0.2) is 25.3 Å². The van der Waals surface area contributed by atoms with Crippen LogP contribution in [0.15, 0.2) is 59.5 Å². The molecule has 0 saturated carbocycles. The van der Waals surface area contributed by atoms with Gasteiger partial charge in [-0.3, -0.25) is 9.52 Å². The first-order chi connectivity index (χ1) is 11.3. The van der Waals surface area contributed by atoms with Crippen LogP contribution in [0.25, 0.3) is 6.08 Å². The van der Waals surface area contributed by atoms with Crippen molar-refractivity contribution in [2.24, 2.45) is 0 Å². The molecule has 124 valence electrons. The van der Waals surface area contributed by atoms with E-state index in [1.54, 1.807) is 18.2 Å². The van der Waals surface area contributed by atoms with Crippen LogP contribution in [-0.2, 0) is 14.8 Å². The zero-order chi connectivity index (χ0) is 17.7. The molecule has 0 aliphatic rings. The van der Waals surface area contributed by atoms with Crippen LogP contribution >= 0.6 is 0 Å². The highest BCUT2D eigenvalue weighted by molar-refractivity contribution is 7.92. The van der Waals surface area contributed by atoms with Gasteiger partial charge in [-0.25, -0.2) is 13.2 Å². The van der Waals surface area contributed by atoms with E-state index in [1.807, 2.05) is 0 Å². The van der Waals surface area contributed by atoms with Crippen molar-refractivity contribution < 1.29 is 23.1 Å². The lowest BCUT2D eigenvalue weighted by molar-refractivity contribution is -0.131. The number of carboxylic acid groups (broad SMARTS) is 1. The Labute approximate surface area is 139 Å². The molecule has 0 aliphatic carbocycles. The molecule has 0 bridgehead atoms. The van der Waals surface area contributed by atoms with E-state index in [-0.39, 0.29) is 16.4 Å². The van der Waals surface area contributed by atoms with Gasteiger partial charge >= 0.3 is 5.97 Å². The molecule has 0 atom stereocenters. The van der Waals surface area contributed by atoms with E-state index in [0.29, 0.717) is 11.1 Å². The Hall–Kier alpha value is -2.93. The second kappa shape index (κ2) is 7.10. The summed E-state index contributed by atoms with van der Waals surface area (Å²) >= 11 is 0. The average Bonchev–Trinajstić information content (AvgIpc) is 2.53. The largest absolute Gasteiger partial charge is 0.478 e. The van der Waals surface area contributed by atoms with E-state index in [2.05, 4.69) is 4.72 Å². The summed E-state index contributed by atoms with van der Waals surface area (Å²) in [5, 5.41) is 8.57. The number of carbonyl (C=O) groups is 2. The lowest BCUT2D eigenvalue weighted by Gasteiger charge is -2.09. The van der Waals surface area contributed by atoms with Gasteiger partial charge in [-0.1, -0.05) is 24.3 Å². The van der Waals surface area contributed by atoms with E-state index >= 15 is 0 Å². The number of aliphatic carboxylic acids is 1. The van der Waals surface area contributed by atoms with Crippen LogP contribution in [0.1, 0.15) is 22.8 Å². The fourth-order valence-electron chi connectivity index (χ4n) is 1.94. The summed E-state index contributed by atoms with van der Waals surface area (Å²) in [5.41, 5.74) is 1.26. The second-order valence-electron chi connectivity index (χ2n) is 4.98. The van der Waals surface area contributed by atoms with Crippen LogP contribution in [0, 0.1) is 0 Å². The molecule has 0 aliphatic heterocycles. The van der Waals surface area contributed by atoms with Crippen molar-refractivity contribution in [3.8, 4) is 0 Å². The van der Waals surface area contributed by atoms with E-state index < -0.39 is 16.0 Å². The van der Waals surface area contributed by atoms with Crippen LogP contribution < -0.4 is 4.72 Å². The zero-order valence-electron chi connectivity index (χ0n) is 12.8. The Balaban J connectivity index is 2.23. The summed E-state index contributed by atoms with van der Waals surface area (Å²) in [4.78, 5) is 21.8. The summed E-state index contributed by atoms with van der Waals surface area (Å²) in [5.74, 6) is -1.25. The number of Topliss-reactive ketones (excluding diaryl/α,β-unsaturated/α-hetero) is 1. The lowest BCUT2D eigenvalue weighted by Crippen LogP contribution is -2.13. The Morgan fingerprint density at radius 3 is 2.33 bits per heavy atom. The number of benzene rings is 2. The molecule has 0 aromatic heterocycles. The maximum atomic E-state index is 12.4. The number of ketones is 1. The molecule has 0 saturated heterocycles. The van der Waals surface area contributed by atoms with Crippen molar-refractivity contribution in [3.63, 3.8) is 0 Å². The number of rotatable bonds is 6. The van der Waals surface area contributed by atoms with Gasteiger partial charge in [-0.15, -0.1) is 0 Å². The first kappa shape index (κ1) is 17.4. The van der Waals surface area contributed by atoms with Gasteiger partial charge < -0.3 is 5.11 Å². The number of hydrogen-bond donors (Lipinski definition) is 2. The smallest absolute Gasteiger partial charge is 0.328 e. The highest BCUT2D eigenvalue weighted by Gasteiger charge is 2.14. The maximum Gasteiger partial charge on any atom is 0.328 e. The quantitative estimate of drug-likeness (QED) is 0.619. The SMILES string of the molecule is CC(=O)c1cccc(NS(=O)(=O)c2ccc(/C=C/C(=O)O)cc2)c1. The van der Waals surface area contributed by atoms with E-state index in [1.165, 1.54) is 43.3 Å². The third-order valence-electron chi connectivity index (χ3n) is 3.13. The van der Waals surface area contributed by atoms with E-state index in [9.17, 15) is 18.0 Å². The molecule has 2 aromatic carbocycles. The Kier molecular flexibility index (Phi) is 5.15. The monoisotopic (exact) mass is 345 g/mol. The molecule has 0 unspecified atom stereocenters. The minimum Gasteiger partial charge on any atom is -0.478 e. The van der Waals surface area contributed by atoms with Gasteiger partial charge in [-0.05, 0) is 42.8 Å². The molecule has 0 amide bonds. The predicted molar refractivity (Wildman–Crippen MR) is 90.4 cm³/mol. The highest BCUT2D eigenvalue weighted by atomic mass is 32.2. The minimum absolute atomic E-state index is 0.0307. The Morgan fingerprint density at radius 2 is 1.75 bits per heavy atom. The number of nitrogens with one attached hydrogen (secondary N) is 1. The van der Waals surface area contributed by atoms with Gasteiger partial charge in [-0.2, -0.15) is 0 Å². The average molecular weight is 345 g/mol. The van der Waals surface area contributed by atoms with Gasteiger partial charge in [0.1, 0.15) is 0 Å². The second-order valence-corrected chi connectivity index (χ2v) is 6.67. The predicted octanol–water partition coefficient (Wildman–Crippen LogP) is 2.79. The summed E-state index contributed by atoms with van der Waals surface area (Å²) in [6.45, 7) is 1.40. The molecule has 6 nitrogen and oxygen atoms in total. The number of carboxylic acids is 1. The molecular formula is C17H15NO5S. The Bertz CT molecular complexity index is 899. The maximum absolute atomic E-state index is 12.4. The third kappa shape index (κ3) is 4.53. The fourth-order valence-corrected chi connectivity index (χ4v) is 2.99. The van der Waals surface area contributed by atoms with Crippen molar-refractivity contribution in [1.82, 2.24) is 0 Å². The topological polar surface area (TPSA) is 101 Å². The standard InChI is InChI=1S/C17H15NO5S/c1-12(19)14-3-2-4-15(11-14)18-24(22,23)16-8-5-13(6-9-16)7-10-17(20)21/h2-11,18H,1H3,(H,20,21)/b10-7+. The van der Waals surface area contributed by atoms with E-state index in [4.69, 9.17) is 5.11 Å². The fraction of sp³-hybridized carbons (Fsp3) is 0.0588. The van der Waals surface area contributed by atoms with Crippen molar-refractivity contribution in [2.75, 3.05) is 4.72 Å². The van der Waals surface area contributed by atoms with Gasteiger partial charge in [0.15, 0.2) is 5.78 Å². The van der Waals surface area contributed by atoms with Crippen LogP contribution in [0.2, 0.25) is 0 Å². The molecule has 2 N–H and O–H groups in total. The molecular weight excluding hydrogens is 330 g/mol. The number of sulfonamides is 1. The van der Waals surface area contributed by atoms with Crippen LogP contribution in [0.3, 0.4) is 0 Å². The van der Waals surface area contributed by atoms with Crippen molar-refractivity contribution >= 4 is 33.5 Å². The van der Waals surface area contributed by atoms with Crippen molar-refractivity contribution in [1.29, 1.82) is 0 Å². The first-order valence-electron chi connectivity index (χ1n) is 6.93. The normalized spacial score (nSPS) is 11.4. The van der Waals surface area contributed by atoms with Crippen molar-refractivity contribution in [3.05, 3.63) is 65.7 Å². The summed E-state index contributed by atoms with van der Waals surface area (Å²) in [6.07, 6.45) is 2.33. The number of carbonyl (C=O) groups excluding carboxylic acids is 1. The Morgan fingerprint density at radius 1 is 1.08 bits per heavy atom. The van der Waals surface area contributed by atoms with Crippen LogP contribution in [0.5, 0.6) is 0 Å². The van der Waals surface area contributed by atoms with Gasteiger partial charge in [0.25, 0.3) is 10.0 Å². The zero-order valence-corrected chi connectivity index (χ0v) is 13.6. The third-order valence-corrected chi connectivity index (χ3v) is 4.53. The molecule has 24 heavy (non-hydrogen) atoms. The summed E-state index contributed by atoms with van der Waals surface area (Å²) in [6, 6.07) is 12.0. The summed E-state index contributed by atoms with van der Waals surface area (Å²) in [7, 11) is -3.81. The first-order valence-corrected chi connectivity index (χ1v) is 8.41. The molecule has 0 heterocycles. The molecule has 2 rings (SSSR count). The lowest BCUT2D eigenvalue weighted by atomic mass is 10.1. The molecule has 7 heteroatoms. The van der Waals surface area contributed by atoms with Crippen LogP contribution in [0.4, 0.5) is 5.69 Å². The van der Waals surface area contributed by atoms with Gasteiger partial charge in [0.05, 0.1) is 4.90 Å². The number of hydrogen-bond acceptors (Lipinski definition) is 4. The van der Waals surface area contributed by atoms with E-state index in [0.717, 1.165) is 6.08 Å². The van der Waals surface area contributed by atoms with Gasteiger partial charge in [0.2, 0.25) is 0 Å². The molecule has 0 radical (unpaired) electrons. The van der Waals surface area contributed by atoms with Gasteiger partial charge in [0, 0.05) is 17.3 Å². The molecule has 0 fully saturated rings. The number of anilines is 1. The molecule has 2 aromatic rings. The highest BCUT2D eigenvalue weighted by Crippen LogP contribution is 2.18. The summed E-state index contributed by atoms with van der Waals surface area (Å²) < 4.78 is 27.1. The molecule has 0 spiro atoms. The minimum atomic E-state index is -3.81. The van der Waals surface area contributed by atoms with Crippen molar-refractivity contribution in [2.45, 2.75) is 11.8 Å².